The van der Waals surface area contributed by atoms with Crippen molar-refractivity contribution in [1.29, 1.82) is 0 Å². The van der Waals surface area contributed by atoms with Crippen molar-refractivity contribution in [2.75, 3.05) is 23.3 Å². The number of amides is 1. The van der Waals surface area contributed by atoms with Gasteiger partial charge in [0.2, 0.25) is 0 Å². The number of carbonyl (C=O) groups is 1. The Hall–Kier alpha value is -1.85. The van der Waals surface area contributed by atoms with Crippen molar-refractivity contribution in [2.45, 2.75) is 12.8 Å². The van der Waals surface area contributed by atoms with E-state index < -0.39 is 0 Å². The predicted octanol–water partition coefficient (Wildman–Crippen LogP) is 3.64. The monoisotopic (exact) mass is 336 g/mol. The van der Waals surface area contributed by atoms with Gasteiger partial charge < -0.3 is 10.2 Å². The number of nitrogens with one attached hydrogen (secondary N) is 1. The summed E-state index contributed by atoms with van der Waals surface area (Å²) in [6.07, 6.45) is 5.44. The molecule has 0 saturated carbocycles. The molecule has 3 rings (SSSR count). The molecule has 2 aromatic rings. The Bertz CT molecular complexity index is 664. The van der Waals surface area contributed by atoms with Crippen molar-refractivity contribution >= 4 is 40.6 Å². The van der Waals surface area contributed by atoms with E-state index in [1.54, 1.807) is 24.4 Å². The van der Waals surface area contributed by atoms with Gasteiger partial charge in [0.05, 0.1) is 12.4 Å². The minimum atomic E-state index is -0.348. The van der Waals surface area contributed by atoms with Crippen LogP contribution in [0, 0.1) is 0 Å². The summed E-state index contributed by atoms with van der Waals surface area (Å²) in [4.78, 5) is 22.8. The molecule has 0 spiro atoms. The SMILES string of the molecule is O=C(Nc1cc(Cl)cc(Cl)c1)c1cnc(N2CCCC2)cn1. The number of benzene rings is 1. The standard InChI is InChI=1S/C15H14Cl2N4O/c16-10-5-11(17)7-12(6-10)20-15(22)13-8-19-14(9-18-13)21-3-1-2-4-21/h5-9H,1-4H2,(H,20,22). The maximum absolute atomic E-state index is 12.2. The van der Waals surface area contributed by atoms with Crippen molar-refractivity contribution < 1.29 is 4.79 Å². The molecule has 0 radical (unpaired) electrons. The molecule has 1 aromatic carbocycles. The second kappa shape index (κ2) is 6.50. The molecule has 0 bridgehead atoms. The fourth-order valence-corrected chi connectivity index (χ4v) is 2.90. The first-order valence-electron chi connectivity index (χ1n) is 6.96. The second-order valence-corrected chi connectivity index (χ2v) is 5.94. The number of nitrogens with zero attached hydrogens (tertiary/aromatic N) is 3. The van der Waals surface area contributed by atoms with Crippen LogP contribution >= 0.6 is 23.2 Å². The normalized spacial score (nSPS) is 14.2. The van der Waals surface area contributed by atoms with Gasteiger partial charge >= 0.3 is 0 Å². The Morgan fingerprint density at radius 3 is 2.32 bits per heavy atom. The largest absolute Gasteiger partial charge is 0.355 e. The first-order chi connectivity index (χ1) is 10.6. The molecular formula is C15H14Cl2N4O. The number of rotatable bonds is 3. The number of hydrogen-bond donors (Lipinski definition) is 1. The Morgan fingerprint density at radius 2 is 1.73 bits per heavy atom. The Kier molecular flexibility index (Phi) is 4.45. The second-order valence-electron chi connectivity index (χ2n) is 5.07. The van der Waals surface area contributed by atoms with Crippen LogP contribution in [0.3, 0.4) is 0 Å². The van der Waals surface area contributed by atoms with Gasteiger partial charge in [-0.25, -0.2) is 9.97 Å². The fraction of sp³-hybridized carbons (Fsp3) is 0.267. The third-order valence-corrected chi connectivity index (χ3v) is 3.86. The lowest BCUT2D eigenvalue weighted by Gasteiger charge is -2.15. The van der Waals surface area contributed by atoms with Crippen LogP contribution in [0.2, 0.25) is 10.0 Å². The lowest BCUT2D eigenvalue weighted by Crippen LogP contribution is -2.20. The molecule has 1 N–H and O–H groups in total. The van der Waals surface area contributed by atoms with E-state index >= 15 is 0 Å². The molecule has 0 atom stereocenters. The average molecular weight is 337 g/mol. The summed E-state index contributed by atoms with van der Waals surface area (Å²) < 4.78 is 0. The van der Waals surface area contributed by atoms with Crippen molar-refractivity contribution in [3.8, 4) is 0 Å². The van der Waals surface area contributed by atoms with E-state index in [1.165, 1.54) is 19.0 Å². The van der Waals surface area contributed by atoms with Gasteiger partial charge in [-0.3, -0.25) is 4.79 Å². The van der Waals surface area contributed by atoms with E-state index in [-0.39, 0.29) is 11.6 Å². The smallest absolute Gasteiger partial charge is 0.275 e. The van der Waals surface area contributed by atoms with E-state index in [2.05, 4.69) is 20.2 Å². The molecule has 0 aliphatic carbocycles. The summed E-state index contributed by atoms with van der Waals surface area (Å²) in [6.45, 7) is 1.97. The van der Waals surface area contributed by atoms with Crippen LogP contribution in [0.5, 0.6) is 0 Å². The molecule has 2 heterocycles. The number of carbonyl (C=O) groups excluding carboxylic acids is 1. The number of hydrogen-bond acceptors (Lipinski definition) is 4. The summed E-state index contributed by atoms with van der Waals surface area (Å²) in [5.41, 5.74) is 0.770. The predicted molar refractivity (Wildman–Crippen MR) is 87.9 cm³/mol. The van der Waals surface area contributed by atoms with Gasteiger partial charge in [-0.15, -0.1) is 0 Å². The van der Waals surface area contributed by atoms with Crippen molar-refractivity contribution in [1.82, 2.24) is 9.97 Å². The maximum Gasteiger partial charge on any atom is 0.275 e. The summed E-state index contributed by atoms with van der Waals surface area (Å²) in [5, 5.41) is 3.62. The van der Waals surface area contributed by atoms with Crippen molar-refractivity contribution in [3.05, 3.63) is 46.3 Å². The summed E-state index contributed by atoms with van der Waals surface area (Å²) in [7, 11) is 0. The Morgan fingerprint density at radius 1 is 1.05 bits per heavy atom. The molecule has 1 saturated heterocycles. The highest BCUT2D eigenvalue weighted by atomic mass is 35.5. The molecule has 114 valence electrons. The molecule has 1 aliphatic rings. The topological polar surface area (TPSA) is 58.1 Å². The van der Waals surface area contributed by atoms with Crippen LogP contribution in [0.15, 0.2) is 30.6 Å². The lowest BCUT2D eigenvalue weighted by molar-refractivity contribution is 0.102. The van der Waals surface area contributed by atoms with Crippen molar-refractivity contribution in [2.24, 2.45) is 0 Å². The number of halogens is 2. The summed E-state index contributed by atoms with van der Waals surface area (Å²) in [6, 6.07) is 4.85. The first-order valence-corrected chi connectivity index (χ1v) is 7.72. The molecule has 0 unspecified atom stereocenters. The highest BCUT2D eigenvalue weighted by Crippen LogP contribution is 2.23. The zero-order valence-electron chi connectivity index (χ0n) is 11.7. The van der Waals surface area contributed by atoms with Crippen LogP contribution in [0.4, 0.5) is 11.5 Å². The van der Waals surface area contributed by atoms with Crippen molar-refractivity contribution in [3.63, 3.8) is 0 Å². The quantitative estimate of drug-likeness (QED) is 0.929. The molecule has 5 nitrogen and oxygen atoms in total. The van der Waals surface area contributed by atoms with E-state index in [1.807, 2.05) is 0 Å². The van der Waals surface area contributed by atoms with Crippen LogP contribution in [-0.4, -0.2) is 29.0 Å². The minimum absolute atomic E-state index is 0.249. The zero-order chi connectivity index (χ0) is 15.5. The van der Waals surface area contributed by atoms with Gasteiger partial charge in [0, 0.05) is 28.8 Å². The van der Waals surface area contributed by atoms with Gasteiger partial charge in [0.1, 0.15) is 11.5 Å². The van der Waals surface area contributed by atoms with Crippen LogP contribution in [-0.2, 0) is 0 Å². The van der Waals surface area contributed by atoms with Gasteiger partial charge in [0.25, 0.3) is 5.91 Å². The van der Waals surface area contributed by atoms with E-state index in [0.717, 1.165) is 18.9 Å². The molecule has 1 fully saturated rings. The molecule has 1 amide bonds. The molecule has 1 aliphatic heterocycles. The summed E-state index contributed by atoms with van der Waals surface area (Å²) in [5.74, 6) is 0.457. The Balaban J connectivity index is 1.71. The van der Waals surface area contributed by atoms with Crippen LogP contribution < -0.4 is 10.2 Å². The minimum Gasteiger partial charge on any atom is -0.355 e. The third-order valence-electron chi connectivity index (χ3n) is 3.42. The average Bonchev–Trinajstić information content (AvgIpc) is 3.00. The highest BCUT2D eigenvalue weighted by molar-refractivity contribution is 6.35. The van der Waals surface area contributed by atoms with Gasteiger partial charge in [-0.2, -0.15) is 0 Å². The lowest BCUT2D eigenvalue weighted by atomic mass is 10.3. The number of anilines is 2. The Labute approximate surface area is 138 Å². The van der Waals surface area contributed by atoms with Gasteiger partial charge in [0.15, 0.2) is 0 Å². The highest BCUT2D eigenvalue weighted by Gasteiger charge is 2.15. The summed E-state index contributed by atoms with van der Waals surface area (Å²) >= 11 is 11.8. The zero-order valence-corrected chi connectivity index (χ0v) is 13.2. The molecule has 7 heteroatoms. The van der Waals surface area contributed by atoms with E-state index in [4.69, 9.17) is 23.2 Å². The maximum atomic E-state index is 12.2. The fourth-order valence-electron chi connectivity index (χ4n) is 2.37. The number of aromatic nitrogens is 2. The van der Waals surface area contributed by atoms with Gasteiger partial charge in [-0.1, -0.05) is 23.2 Å². The molecule has 1 aromatic heterocycles. The van der Waals surface area contributed by atoms with E-state index in [0.29, 0.717) is 15.7 Å². The van der Waals surface area contributed by atoms with Crippen LogP contribution in [0.25, 0.3) is 0 Å². The van der Waals surface area contributed by atoms with Crippen LogP contribution in [0.1, 0.15) is 23.3 Å². The first kappa shape index (κ1) is 15.1. The molecular weight excluding hydrogens is 323 g/mol. The van der Waals surface area contributed by atoms with Gasteiger partial charge in [-0.05, 0) is 31.0 Å². The molecule has 22 heavy (non-hydrogen) atoms. The van der Waals surface area contributed by atoms with E-state index in [9.17, 15) is 4.79 Å². The third kappa shape index (κ3) is 3.48.